The van der Waals surface area contributed by atoms with E-state index in [0.717, 1.165) is 66.6 Å². The van der Waals surface area contributed by atoms with Gasteiger partial charge >= 0.3 is 0 Å². The molecule has 1 aromatic heterocycles. The van der Waals surface area contributed by atoms with E-state index in [9.17, 15) is 0 Å². The molecule has 0 atom stereocenters. The zero-order valence-electron chi connectivity index (χ0n) is 32.7. The average Bonchev–Trinajstić information content (AvgIpc) is 3.46. The topological polar surface area (TPSA) is 28.8 Å². The molecule has 0 amide bonds. The van der Waals surface area contributed by atoms with Crippen molar-refractivity contribution < 1.29 is 0 Å². The molecule has 1 N–H and O–H groups in total. The molecule has 4 aromatic carbocycles. The van der Waals surface area contributed by atoms with Crippen LogP contribution in [0.5, 0.6) is 0 Å². The number of rotatable bonds is 11. The fraction of sp³-hybridized carbons (Fsp3) is 0.189. The highest BCUT2D eigenvalue weighted by atomic mass is 15.0. The molecule has 272 valence electrons. The number of allylic oxidation sites excluding steroid dienone is 8. The van der Waals surface area contributed by atoms with Crippen molar-refractivity contribution >= 4 is 30.0 Å². The lowest BCUT2D eigenvalue weighted by Gasteiger charge is -2.18. The molecule has 1 heterocycles. The van der Waals surface area contributed by atoms with Gasteiger partial charge in [-0.1, -0.05) is 121 Å². The number of benzene rings is 4. The summed E-state index contributed by atoms with van der Waals surface area (Å²) in [4.78, 5) is 0. The summed E-state index contributed by atoms with van der Waals surface area (Å²) in [6.07, 6.45) is 29.0. The van der Waals surface area contributed by atoms with Gasteiger partial charge in [-0.3, -0.25) is 0 Å². The summed E-state index contributed by atoms with van der Waals surface area (Å²) in [5, 5.41) is 7.54. The Labute approximate surface area is 328 Å². The van der Waals surface area contributed by atoms with Crippen molar-refractivity contribution in [2.75, 3.05) is 0 Å². The predicted molar refractivity (Wildman–Crippen MR) is 238 cm³/mol. The number of para-hydroxylation sites is 1. The van der Waals surface area contributed by atoms with Crippen LogP contribution in [0.1, 0.15) is 82.8 Å². The SMILES string of the molecule is C#C/C(=C\c1c(C)c(C)c(-c2ccc(-c3ccc4c(c3)C=C(C/C=C\C=C)CC4)cc2C)n1-c1ccccc1)c1ccc2c(c1)C=C(C/C=C(/C)C=N)CC2. The maximum atomic E-state index is 7.54. The second-order valence-electron chi connectivity index (χ2n) is 15.0. The van der Waals surface area contributed by atoms with E-state index in [1.807, 2.05) is 19.1 Å². The zero-order chi connectivity index (χ0) is 38.5. The van der Waals surface area contributed by atoms with Crippen LogP contribution < -0.4 is 0 Å². The van der Waals surface area contributed by atoms with Crippen LogP contribution in [0.15, 0.2) is 133 Å². The Balaban J connectivity index is 1.28. The largest absolute Gasteiger partial charge is 0.309 e. The summed E-state index contributed by atoms with van der Waals surface area (Å²) >= 11 is 0. The molecular formula is C53H50N2. The van der Waals surface area contributed by atoms with Crippen LogP contribution in [0.3, 0.4) is 0 Å². The van der Waals surface area contributed by atoms with Gasteiger partial charge in [0.2, 0.25) is 0 Å². The van der Waals surface area contributed by atoms with Crippen LogP contribution in [0.2, 0.25) is 0 Å². The Hall–Kier alpha value is -6.17. The quantitative estimate of drug-likeness (QED) is 0.0802. The van der Waals surface area contributed by atoms with Crippen molar-refractivity contribution in [3.63, 3.8) is 0 Å². The summed E-state index contributed by atoms with van der Waals surface area (Å²) in [6.45, 7) is 12.5. The van der Waals surface area contributed by atoms with Gasteiger partial charge in [0.05, 0.1) is 11.4 Å². The zero-order valence-corrected chi connectivity index (χ0v) is 32.7. The number of nitrogens with one attached hydrogen (secondary N) is 1. The molecule has 0 spiro atoms. The van der Waals surface area contributed by atoms with E-state index in [0.29, 0.717) is 0 Å². The Morgan fingerprint density at radius 3 is 2.16 bits per heavy atom. The normalized spacial score (nSPS) is 14.2. The van der Waals surface area contributed by atoms with Crippen molar-refractivity contribution in [2.24, 2.45) is 0 Å². The molecule has 2 nitrogen and oxygen atoms in total. The molecule has 0 unspecified atom stereocenters. The molecule has 7 rings (SSSR count). The van der Waals surface area contributed by atoms with E-state index in [2.05, 4.69) is 153 Å². The fourth-order valence-electron chi connectivity index (χ4n) is 8.04. The summed E-state index contributed by atoms with van der Waals surface area (Å²) in [5.74, 6) is 3.06. The highest BCUT2D eigenvalue weighted by Gasteiger charge is 2.22. The predicted octanol–water partition coefficient (Wildman–Crippen LogP) is 13.7. The lowest BCUT2D eigenvalue weighted by molar-refractivity contribution is 0.898. The highest BCUT2D eigenvalue weighted by molar-refractivity contribution is 5.93. The van der Waals surface area contributed by atoms with Crippen molar-refractivity contribution in [2.45, 2.75) is 66.2 Å². The van der Waals surface area contributed by atoms with Crippen molar-refractivity contribution in [3.05, 3.63) is 183 Å². The van der Waals surface area contributed by atoms with E-state index in [-0.39, 0.29) is 0 Å². The fourth-order valence-corrected chi connectivity index (χ4v) is 8.04. The van der Waals surface area contributed by atoms with Crippen molar-refractivity contribution in [3.8, 4) is 40.4 Å². The number of hydrogen-bond acceptors (Lipinski definition) is 1. The maximum Gasteiger partial charge on any atom is 0.0569 e. The van der Waals surface area contributed by atoms with Gasteiger partial charge in [-0.05, 0) is 158 Å². The molecule has 0 fully saturated rings. The number of hydrogen-bond donors (Lipinski definition) is 1. The second kappa shape index (κ2) is 16.5. The molecule has 0 saturated heterocycles. The van der Waals surface area contributed by atoms with E-state index in [1.54, 1.807) is 0 Å². The van der Waals surface area contributed by atoms with Gasteiger partial charge in [-0.15, -0.1) is 6.42 Å². The number of aryl methyl sites for hydroxylation is 3. The molecule has 0 saturated carbocycles. The standard InChI is InChI=1S/C53H50N2/c1-7-9-11-14-40-19-21-43-24-26-47(33-48(43)30-40)45-27-28-51(37(4)29-45)53-39(6)38(5)52(55(53)50-15-12-10-13-16-50)34-42(8-2)46-25-23-44-22-20-41(31-49(44)32-46)18-17-36(3)35-54/h2,7,9-13,15-17,23-35,54H,1,14,18-22H2,3-6H3/b11-9-,36-17-,42-34+,54-35?. The van der Waals surface area contributed by atoms with Crippen molar-refractivity contribution in [1.29, 1.82) is 5.41 Å². The number of fused-ring (bicyclic) bond motifs is 2. The van der Waals surface area contributed by atoms with Crippen LogP contribution in [-0.4, -0.2) is 10.8 Å². The second-order valence-corrected chi connectivity index (χ2v) is 15.0. The molecule has 2 aliphatic rings. The van der Waals surface area contributed by atoms with Gasteiger partial charge in [0, 0.05) is 23.0 Å². The van der Waals surface area contributed by atoms with Crippen LogP contribution in [0.4, 0.5) is 0 Å². The minimum absolute atomic E-state index is 0.862. The molecule has 5 aromatic rings. The van der Waals surface area contributed by atoms with Gasteiger partial charge in [-0.25, -0.2) is 0 Å². The molecule has 55 heavy (non-hydrogen) atoms. The Morgan fingerprint density at radius 2 is 1.47 bits per heavy atom. The van der Waals surface area contributed by atoms with E-state index < -0.39 is 0 Å². The van der Waals surface area contributed by atoms with E-state index >= 15 is 0 Å². The first-order valence-electron chi connectivity index (χ1n) is 19.4. The van der Waals surface area contributed by atoms with Gasteiger partial charge < -0.3 is 9.98 Å². The number of aromatic nitrogens is 1. The smallest absolute Gasteiger partial charge is 0.0569 e. The molecule has 2 heteroatoms. The van der Waals surface area contributed by atoms with Crippen molar-refractivity contribution in [1.82, 2.24) is 4.57 Å². The van der Waals surface area contributed by atoms with Crippen LogP contribution in [0.25, 0.3) is 51.9 Å². The summed E-state index contributed by atoms with van der Waals surface area (Å²) in [5.41, 5.74) is 21.8. The molecular weight excluding hydrogens is 665 g/mol. The van der Waals surface area contributed by atoms with Gasteiger partial charge in [0.15, 0.2) is 0 Å². The third-order valence-corrected chi connectivity index (χ3v) is 11.4. The van der Waals surface area contributed by atoms with E-state index in [4.69, 9.17) is 11.8 Å². The maximum absolute atomic E-state index is 7.54. The number of terminal acetylenes is 1. The van der Waals surface area contributed by atoms with E-state index in [1.165, 1.54) is 78.7 Å². The highest BCUT2D eigenvalue weighted by Crippen LogP contribution is 2.39. The molecule has 0 radical (unpaired) electrons. The Kier molecular flexibility index (Phi) is 11.1. The first-order valence-corrected chi connectivity index (χ1v) is 19.4. The average molecular weight is 715 g/mol. The first-order chi connectivity index (χ1) is 26.8. The Morgan fingerprint density at radius 1 is 0.800 bits per heavy atom. The Bertz CT molecular complexity index is 2500. The summed E-state index contributed by atoms with van der Waals surface area (Å²) in [6, 6.07) is 31.2. The van der Waals surface area contributed by atoms with Crippen LogP contribution in [0, 0.1) is 38.5 Å². The minimum Gasteiger partial charge on any atom is -0.309 e. The molecule has 0 aliphatic heterocycles. The third kappa shape index (κ3) is 7.89. The minimum atomic E-state index is 0.862. The summed E-state index contributed by atoms with van der Waals surface area (Å²) in [7, 11) is 0. The first kappa shape index (κ1) is 37.2. The molecule has 0 bridgehead atoms. The monoisotopic (exact) mass is 714 g/mol. The lowest BCUT2D eigenvalue weighted by atomic mass is 9.88. The third-order valence-electron chi connectivity index (χ3n) is 11.4. The lowest BCUT2D eigenvalue weighted by Crippen LogP contribution is -2.02. The van der Waals surface area contributed by atoms with Gasteiger partial charge in [0.25, 0.3) is 0 Å². The molecule has 2 aliphatic carbocycles. The van der Waals surface area contributed by atoms with Gasteiger partial charge in [0.1, 0.15) is 0 Å². The summed E-state index contributed by atoms with van der Waals surface area (Å²) < 4.78 is 2.39. The number of nitrogens with zero attached hydrogens (tertiary/aromatic N) is 1. The van der Waals surface area contributed by atoms with Crippen LogP contribution >= 0.6 is 0 Å². The van der Waals surface area contributed by atoms with Gasteiger partial charge in [-0.2, -0.15) is 0 Å². The van der Waals surface area contributed by atoms with Crippen LogP contribution in [-0.2, 0) is 12.8 Å².